The maximum Gasteiger partial charge on any atom is 0.309 e. The van der Waals surface area contributed by atoms with Crippen LogP contribution in [0, 0.1) is 5.92 Å². The molecule has 0 spiro atoms. The standard InChI is InChI=1S/C19H22N2O5/c1-2-24-17(22)13-5-9-21(10-6-13)18(23)19(7-8-19)16-12-15(26-20-16)14-4-3-11-25-14/h3-4,11-13H,2,5-10H2,1H3. The summed E-state index contributed by atoms with van der Waals surface area (Å²) in [4.78, 5) is 26.8. The van der Waals surface area contributed by atoms with Crippen molar-refractivity contribution in [3.05, 3.63) is 30.2 Å². The molecule has 0 unspecified atom stereocenters. The Morgan fingerprint density at radius 1 is 1.31 bits per heavy atom. The number of carbonyl (C=O) groups is 2. The second-order valence-electron chi connectivity index (χ2n) is 6.95. The Kier molecular flexibility index (Phi) is 4.30. The lowest BCUT2D eigenvalue weighted by Crippen LogP contribution is -2.45. The number of aromatic nitrogens is 1. The first-order valence-electron chi connectivity index (χ1n) is 9.11. The summed E-state index contributed by atoms with van der Waals surface area (Å²) in [6.07, 6.45) is 4.42. The van der Waals surface area contributed by atoms with E-state index in [-0.39, 0.29) is 17.8 Å². The van der Waals surface area contributed by atoms with Gasteiger partial charge in [0.1, 0.15) is 0 Å². The van der Waals surface area contributed by atoms with Gasteiger partial charge in [-0.1, -0.05) is 5.16 Å². The van der Waals surface area contributed by atoms with Crippen LogP contribution in [0.2, 0.25) is 0 Å². The van der Waals surface area contributed by atoms with E-state index in [1.165, 1.54) is 0 Å². The summed E-state index contributed by atoms with van der Waals surface area (Å²) in [5.41, 5.74) is 0.0897. The number of nitrogens with zero attached hydrogens (tertiary/aromatic N) is 2. The number of likely N-dealkylation sites (tertiary alicyclic amines) is 1. The highest BCUT2D eigenvalue weighted by Crippen LogP contribution is 2.50. The highest BCUT2D eigenvalue weighted by Gasteiger charge is 2.55. The Bertz CT molecular complexity index is 783. The lowest BCUT2D eigenvalue weighted by molar-refractivity contribution is -0.151. The Balaban J connectivity index is 1.43. The SMILES string of the molecule is CCOC(=O)C1CCN(C(=O)C2(c3cc(-c4ccco4)on3)CC2)CC1. The lowest BCUT2D eigenvalue weighted by atomic mass is 9.94. The molecule has 4 rings (SSSR count). The number of ether oxygens (including phenoxy) is 1. The summed E-state index contributed by atoms with van der Waals surface area (Å²) in [6.45, 7) is 3.35. The molecule has 7 nitrogen and oxygen atoms in total. The van der Waals surface area contributed by atoms with Crippen LogP contribution in [0.3, 0.4) is 0 Å². The zero-order chi connectivity index (χ0) is 18.1. The van der Waals surface area contributed by atoms with Crippen LogP contribution < -0.4 is 0 Å². The molecule has 7 heteroatoms. The van der Waals surface area contributed by atoms with E-state index < -0.39 is 5.41 Å². The number of esters is 1. The quantitative estimate of drug-likeness (QED) is 0.764. The maximum absolute atomic E-state index is 13.1. The van der Waals surface area contributed by atoms with Gasteiger partial charge in [0.25, 0.3) is 0 Å². The monoisotopic (exact) mass is 358 g/mol. The minimum absolute atomic E-state index is 0.0825. The second-order valence-corrected chi connectivity index (χ2v) is 6.95. The van der Waals surface area contributed by atoms with Gasteiger partial charge < -0.3 is 18.6 Å². The Labute approximate surface area is 151 Å². The number of hydrogen-bond acceptors (Lipinski definition) is 6. The molecular weight excluding hydrogens is 336 g/mol. The van der Waals surface area contributed by atoms with Crippen LogP contribution in [0.5, 0.6) is 0 Å². The number of piperidine rings is 1. The molecule has 3 heterocycles. The zero-order valence-corrected chi connectivity index (χ0v) is 14.8. The Morgan fingerprint density at radius 2 is 2.08 bits per heavy atom. The fraction of sp³-hybridized carbons (Fsp3) is 0.526. The molecule has 1 aliphatic heterocycles. The van der Waals surface area contributed by atoms with E-state index in [2.05, 4.69) is 5.16 Å². The van der Waals surface area contributed by atoms with Crippen molar-refractivity contribution in [1.29, 1.82) is 0 Å². The molecule has 138 valence electrons. The third-order valence-corrected chi connectivity index (χ3v) is 5.33. The van der Waals surface area contributed by atoms with Crippen LogP contribution in [-0.2, 0) is 19.7 Å². The van der Waals surface area contributed by atoms with Gasteiger partial charge >= 0.3 is 5.97 Å². The predicted molar refractivity (Wildman–Crippen MR) is 91.1 cm³/mol. The van der Waals surface area contributed by atoms with Crippen molar-refractivity contribution in [2.75, 3.05) is 19.7 Å². The van der Waals surface area contributed by atoms with Gasteiger partial charge in [0, 0.05) is 19.2 Å². The van der Waals surface area contributed by atoms with Gasteiger partial charge in [-0.2, -0.15) is 0 Å². The number of amides is 1. The summed E-state index contributed by atoms with van der Waals surface area (Å²) >= 11 is 0. The lowest BCUT2D eigenvalue weighted by Gasteiger charge is -2.33. The van der Waals surface area contributed by atoms with E-state index in [9.17, 15) is 9.59 Å². The Hall–Kier alpha value is -2.57. The van der Waals surface area contributed by atoms with E-state index >= 15 is 0 Å². The molecule has 1 aliphatic carbocycles. The number of hydrogen-bond donors (Lipinski definition) is 0. The largest absolute Gasteiger partial charge is 0.466 e. The summed E-state index contributed by atoms with van der Waals surface area (Å²) in [6, 6.07) is 5.38. The predicted octanol–water partition coefficient (Wildman–Crippen LogP) is 2.77. The number of furan rings is 1. The van der Waals surface area contributed by atoms with E-state index in [4.69, 9.17) is 13.7 Å². The van der Waals surface area contributed by atoms with Crippen LogP contribution in [0.15, 0.2) is 33.4 Å². The van der Waals surface area contributed by atoms with Crippen molar-refractivity contribution < 1.29 is 23.3 Å². The van der Waals surface area contributed by atoms with Crippen molar-refractivity contribution in [1.82, 2.24) is 10.1 Å². The van der Waals surface area contributed by atoms with Crippen molar-refractivity contribution in [3.63, 3.8) is 0 Å². The topological polar surface area (TPSA) is 85.8 Å². The van der Waals surface area contributed by atoms with Gasteiger partial charge in [-0.15, -0.1) is 0 Å². The second kappa shape index (κ2) is 6.63. The number of carbonyl (C=O) groups excluding carboxylic acids is 2. The average Bonchev–Trinajstić information content (AvgIpc) is 3.08. The van der Waals surface area contributed by atoms with Crippen LogP contribution in [-0.4, -0.2) is 41.6 Å². The fourth-order valence-corrected chi connectivity index (χ4v) is 3.62. The van der Waals surface area contributed by atoms with Crippen molar-refractivity contribution in [2.24, 2.45) is 5.92 Å². The molecule has 2 aromatic rings. The zero-order valence-electron chi connectivity index (χ0n) is 14.8. The minimum atomic E-state index is -0.578. The van der Waals surface area contributed by atoms with E-state index in [0.29, 0.717) is 49.8 Å². The molecule has 0 bridgehead atoms. The van der Waals surface area contributed by atoms with Gasteiger partial charge in [0.05, 0.1) is 29.9 Å². The molecule has 0 aromatic carbocycles. The number of rotatable bonds is 5. The van der Waals surface area contributed by atoms with Crippen molar-refractivity contribution >= 4 is 11.9 Å². The fourth-order valence-electron chi connectivity index (χ4n) is 3.62. The van der Waals surface area contributed by atoms with Crippen LogP contribution >= 0.6 is 0 Å². The smallest absolute Gasteiger partial charge is 0.309 e. The van der Waals surface area contributed by atoms with Crippen molar-refractivity contribution in [2.45, 2.75) is 38.0 Å². The molecule has 2 aliphatic rings. The Morgan fingerprint density at radius 3 is 2.69 bits per heavy atom. The molecule has 0 atom stereocenters. The molecule has 0 N–H and O–H groups in total. The average molecular weight is 358 g/mol. The van der Waals surface area contributed by atoms with Crippen molar-refractivity contribution in [3.8, 4) is 11.5 Å². The van der Waals surface area contributed by atoms with E-state index in [1.54, 1.807) is 24.5 Å². The maximum atomic E-state index is 13.1. The molecule has 0 radical (unpaired) electrons. The third kappa shape index (κ3) is 2.91. The summed E-state index contributed by atoms with van der Waals surface area (Å²) in [5.74, 6) is 0.957. The molecule has 1 amide bonds. The first-order valence-corrected chi connectivity index (χ1v) is 9.11. The highest BCUT2D eigenvalue weighted by molar-refractivity contribution is 5.91. The van der Waals surface area contributed by atoms with Crippen LogP contribution in [0.25, 0.3) is 11.5 Å². The van der Waals surface area contributed by atoms with E-state index in [1.807, 2.05) is 11.8 Å². The van der Waals surface area contributed by atoms with Crippen LogP contribution in [0.1, 0.15) is 38.3 Å². The normalized spacial score (nSPS) is 19.3. The van der Waals surface area contributed by atoms with Gasteiger partial charge in [0.2, 0.25) is 11.7 Å². The van der Waals surface area contributed by atoms with Gasteiger partial charge in [0.15, 0.2) is 5.76 Å². The van der Waals surface area contributed by atoms with Crippen LogP contribution in [0.4, 0.5) is 0 Å². The van der Waals surface area contributed by atoms with Gasteiger partial charge in [-0.3, -0.25) is 9.59 Å². The molecule has 1 saturated carbocycles. The first kappa shape index (κ1) is 16.9. The molecule has 26 heavy (non-hydrogen) atoms. The summed E-state index contributed by atoms with van der Waals surface area (Å²) in [7, 11) is 0. The molecule has 2 aromatic heterocycles. The first-order chi connectivity index (χ1) is 12.6. The minimum Gasteiger partial charge on any atom is -0.466 e. The molecule has 1 saturated heterocycles. The van der Waals surface area contributed by atoms with Gasteiger partial charge in [-0.25, -0.2) is 0 Å². The summed E-state index contributed by atoms with van der Waals surface area (Å²) < 4.78 is 15.8. The highest BCUT2D eigenvalue weighted by atomic mass is 16.5. The molecule has 2 fully saturated rings. The van der Waals surface area contributed by atoms with Gasteiger partial charge in [-0.05, 0) is 44.7 Å². The third-order valence-electron chi connectivity index (χ3n) is 5.33. The summed E-state index contributed by atoms with van der Waals surface area (Å²) in [5, 5.41) is 4.13. The molecular formula is C19H22N2O5. The van der Waals surface area contributed by atoms with E-state index in [0.717, 1.165) is 12.8 Å².